The minimum Gasteiger partial charge on any atom is -0.379 e. The molecular formula is C27H28N2O7S2. The molecule has 0 aliphatic rings. The van der Waals surface area contributed by atoms with E-state index in [1.807, 2.05) is 0 Å². The van der Waals surface area contributed by atoms with E-state index in [-0.39, 0.29) is 32.7 Å². The van der Waals surface area contributed by atoms with Gasteiger partial charge in [-0.25, -0.2) is 4.79 Å². The summed E-state index contributed by atoms with van der Waals surface area (Å²) in [6.07, 6.45) is 11.2. The molecule has 9 nitrogen and oxygen atoms in total. The van der Waals surface area contributed by atoms with Crippen molar-refractivity contribution in [2.24, 2.45) is 0 Å². The Labute approximate surface area is 223 Å². The molecule has 200 valence electrons. The lowest BCUT2D eigenvalue weighted by Crippen LogP contribution is -2.19. The lowest BCUT2D eigenvalue weighted by molar-refractivity contribution is 0.262. The predicted octanol–water partition coefficient (Wildman–Crippen LogP) is 6.04. The Morgan fingerprint density at radius 1 is 0.789 bits per heavy atom. The topological polar surface area (TPSA) is 128 Å². The van der Waals surface area contributed by atoms with Crippen molar-refractivity contribution < 1.29 is 30.0 Å². The first-order chi connectivity index (χ1) is 18.0. The maximum Gasteiger partial charge on any atom is 0.339 e. The molecule has 0 fully saturated rings. The van der Waals surface area contributed by atoms with E-state index in [1.165, 1.54) is 91.1 Å². The number of urea groups is 1. The molecule has 0 aliphatic carbocycles. The van der Waals surface area contributed by atoms with Crippen LogP contribution in [0.5, 0.6) is 11.5 Å². The lowest BCUT2D eigenvalue weighted by atomic mass is 10.3. The molecule has 2 amide bonds. The number of benzene rings is 2. The van der Waals surface area contributed by atoms with Crippen molar-refractivity contribution in [3.8, 4) is 11.5 Å². The summed E-state index contributed by atoms with van der Waals surface area (Å²) in [6.45, 7) is 10.2. The van der Waals surface area contributed by atoms with Gasteiger partial charge in [-0.2, -0.15) is 16.8 Å². The quantitative estimate of drug-likeness (QED) is 0.241. The van der Waals surface area contributed by atoms with Crippen molar-refractivity contribution in [1.29, 1.82) is 0 Å². The molecule has 0 bridgehead atoms. The second-order valence-corrected chi connectivity index (χ2v) is 10.4. The Kier molecular flexibility index (Phi) is 10.9. The molecule has 2 rings (SSSR count). The predicted molar refractivity (Wildman–Crippen MR) is 151 cm³/mol. The number of rotatable bonds is 12. The summed E-state index contributed by atoms with van der Waals surface area (Å²) in [6, 6.07) is 10.9. The molecule has 0 radical (unpaired) electrons. The van der Waals surface area contributed by atoms with Crippen LogP contribution < -0.4 is 19.0 Å². The Balaban J connectivity index is 2.13. The van der Waals surface area contributed by atoms with E-state index in [4.69, 9.17) is 8.37 Å². The van der Waals surface area contributed by atoms with Gasteiger partial charge in [0, 0.05) is 23.5 Å². The SMILES string of the molecule is C=C/C=C\C(=C/C)S(=O)(=O)Oc1cccc(NC(=O)Nc2cccc(OS(=O)(=O)C(/C=C\C)=C/C=C)c2)c1. The zero-order chi connectivity index (χ0) is 28.2. The highest BCUT2D eigenvalue weighted by molar-refractivity contribution is 7.91. The number of hydrogen-bond acceptors (Lipinski definition) is 7. The summed E-state index contributed by atoms with van der Waals surface area (Å²) >= 11 is 0. The third-order valence-electron chi connectivity index (χ3n) is 4.47. The monoisotopic (exact) mass is 556 g/mol. The molecular weight excluding hydrogens is 528 g/mol. The third-order valence-corrected chi connectivity index (χ3v) is 7.09. The molecule has 0 aromatic heterocycles. The van der Waals surface area contributed by atoms with Crippen molar-refractivity contribution >= 4 is 37.6 Å². The van der Waals surface area contributed by atoms with Crippen molar-refractivity contribution in [2.45, 2.75) is 13.8 Å². The Bertz CT molecular complexity index is 1520. The first-order valence-corrected chi connectivity index (χ1v) is 13.9. The number of allylic oxidation sites excluding steroid dienone is 8. The normalized spacial score (nSPS) is 12.8. The second kappa shape index (κ2) is 13.8. The van der Waals surface area contributed by atoms with Gasteiger partial charge in [-0.15, -0.1) is 0 Å². The molecule has 0 aliphatic heterocycles. The number of carbonyl (C=O) groups excluding carboxylic acids is 1. The maximum absolute atomic E-state index is 12.5. The molecule has 0 saturated heterocycles. The highest BCUT2D eigenvalue weighted by Gasteiger charge is 2.19. The molecule has 11 heteroatoms. The molecule has 0 saturated carbocycles. The van der Waals surface area contributed by atoms with Gasteiger partial charge in [0.05, 0.1) is 0 Å². The molecule has 0 spiro atoms. The first kappa shape index (κ1) is 29.9. The van der Waals surface area contributed by atoms with Gasteiger partial charge < -0.3 is 19.0 Å². The fourth-order valence-corrected chi connectivity index (χ4v) is 4.89. The van der Waals surface area contributed by atoms with Crippen molar-refractivity contribution in [3.05, 3.63) is 120 Å². The molecule has 0 atom stereocenters. The van der Waals surface area contributed by atoms with E-state index in [9.17, 15) is 21.6 Å². The number of nitrogens with one attached hydrogen (secondary N) is 2. The van der Waals surface area contributed by atoms with E-state index in [2.05, 4.69) is 23.8 Å². The fraction of sp³-hybridized carbons (Fsp3) is 0.0741. The van der Waals surface area contributed by atoms with E-state index in [0.29, 0.717) is 0 Å². The Morgan fingerprint density at radius 3 is 1.76 bits per heavy atom. The van der Waals surface area contributed by atoms with E-state index in [1.54, 1.807) is 19.9 Å². The van der Waals surface area contributed by atoms with E-state index >= 15 is 0 Å². The Hall–Kier alpha value is -4.35. The number of amides is 2. The lowest BCUT2D eigenvalue weighted by Gasteiger charge is -2.12. The van der Waals surface area contributed by atoms with Crippen LogP contribution in [-0.2, 0) is 20.2 Å². The zero-order valence-electron chi connectivity index (χ0n) is 20.8. The van der Waals surface area contributed by atoms with E-state index in [0.717, 1.165) is 0 Å². The van der Waals surface area contributed by atoms with Gasteiger partial charge in [-0.05, 0) is 56.3 Å². The van der Waals surface area contributed by atoms with Gasteiger partial charge in [0.2, 0.25) is 0 Å². The number of anilines is 2. The standard InChI is InChI=1S/C27H28N2O7S2/c1-5-9-18-25(8-4)37(31,32)35-23-16-10-14-21(19-23)28-27(30)29-22-15-11-17-24(20-22)36-38(33,34)26(12-6-2)13-7-3/h5-20H,1-2H2,3-4H3,(H2,28,29,30)/b13-7-,18-9-,25-8+,26-12+. The molecule has 0 unspecified atom stereocenters. The summed E-state index contributed by atoms with van der Waals surface area (Å²) in [7, 11) is -8.23. The van der Waals surface area contributed by atoms with Crippen LogP contribution in [-0.4, -0.2) is 22.9 Å². The van der Waals surface area contributed by atoms with Crippen molar-refractivity contribution in [1.82, 2.24) is 0 Å². The first-order valence-electron chi connectivity index (χ1n) is 11.1. The minimum absolute atomic E-state index is 0.0146. The summed E-state index contributed by atoms with van der Waals surface area (Å²) in [5.74, 6) is -0.0348. The third kappa shape index (κ3) is 8.95. The van der Waals surface area contributed by atoms with Crippen LogP contribution in [0.2, 0.25) is 0 Å². The Morgan fingerprint density at radius 2 is 1.32 bits per heavy atom. The van der Waals surface area contributed by atoms with Gasteiger partial charge in [0.25, 0.3) is 0 Å². The average Bonchev–Trinajstić information content (AvgIpc) is 2.84. The largest absolute Gasteiger partial charge is 0.379 e. The zero-order valence-corrected chi connectivity index (χ0v) is 22.5. The number of carbonyl (C=O) groups is 1. The van der Waals surface area contributed by atoms with Crippen LogP contribution >= 0.6 is 0 Å². The minimum atomic E-state index is -4.13. The van der Waals surface area contributed by atoms with Crippen LogP contribution in [0.4, 0.5) is 16.2 Å². The summed E-state index contributed by atoms with van der Waals surface area (Å²) in [5.41, 5.74) is 0.497. The van der Waals surface area contributed by atoms with Gasteiger partial charge in [0.1, 0.15) is 21.3 Å². The summed E-state index contributed by atoms with van der Waals surface area (Å²) in [5, 5.41) is 5.12. The van der Waals surface area contributed by atoms with Gasteiger partial charge >= 0.3 is 26.3 Å². The summed E-state index contributed by atoms with van der Waals surface area (Å²) < 4.78 is 60.5. The smallest absolute Gasteiger partial charge is 0.339 e. The molecule has 38 heavy (non-hydrogen) atoms. The maximum atomic E-state index is 12.5. The molecule has 2 N–H and O–H groups in total. The molecule has 0 heterocycles. The van der Waals surface area contributed by atoms with Crippen LogP contribution in [0, 0.1) is 0 Å². The average molecular weight is 557 g/mol. The van der Waals surface area contributed by atoms with E-state index < -0.39 is 26.3 Å². The number of hydrogen-bond donors (Lipinski definition) is 2. The highest BCUT2D eigenvalue weighted by atomic mass is 32.2. The molecule has 2 aromatic rings. The van der Waals surface area contributed by atoms with Gasteiger partial charge in [-0.1, -0.05) is 55.7 Å². The van der Waals surface area contributed by atoms with Crippen LogP contribution in [0.25, 0.3) is 0 Å². The van der Waals surface area contributed by atoms with Gasteiger partial charge in [0.15, 0.2) is 0 Å². The van der Waals surface area contributed by atoms with Crippen molar-refractivity contribution in [2.75, 3.05) is 10.6 Å². The van der Waals surface area contributed by atoms with Crippen molar-refractivity contribution in [3.63, 3.8) is 0 Å². The van der Waals surface area contributed by atoms with Gasteiger partial charge in [-0.3, -0.25) is 0 Å². The fourth-order valence-electron chi connectivity index (χ4n) is 2.88. The highest BCUT2D eigenvalue weighted by Crippen LogP contribution is 2.24. The van der Waals surface area contributed by atoms with Crippen LogP contribution in [0.3, 0.4) is 0 Å². The summed E-state index contributed by atoms with van der Waals surface area (Å²) in [4.78, 5) is 12.4. The second-order valence-electron chi connectivity index (χ2n) is 7.30. The van der Waals surface area contributed by atoms with Crippen LogP contribution in [0.1, 0.15) is 13.8 Å². The van der Waals surface area contributed by atoms with Crippen LogP contribution in [0.15, 0.2) is 120 Å². The molecule has 2 aromatic carbocycles.